The van der Waals surface area contributed by atoms with Crippen LogP contribution in [0.4, 0.5) is 0 Å². The van der Waals surface area contributed by atoms with Gasteiger partial charge in [-0.15, -0.1) is 0 Å². The summed E-state index contributed by atoms with van der Waals surface area (Å²) in [7, 11) is -1.22. The van der Waals surface area contributed by atoms with Crippen LogP contribution in [0, 0.1) is 11.3 Å². The molecule has 9 heteroatoms. The Kier molecular flexibility index (Phi) is 8.18. The number of Topliss-reactive ketones (excluding diaryl/α,β-unsaturated/α-hetero) is 1. The van der Waals surface area contributed by atoms with Crippen molar-refractivity contribution in [3.8, 4) is 5.75 Å². The predicted molar refractivity (Wildman–Crippen MR) is 121 cm³/mol. The minimum absolute atomic E-state index is 0.0729. The largest absolute Gasteiger partial charge is 0.535 e. The highest BCUT2D eigenvalue weighted by Crippen LogP contribution is 2.37. The first-order chi connectivity index (χ1) is 15.5. The summed E-state index contributed by atoms with van der Waals surface area (Å²) in [5.74, 6) is -1.05. The number of ether oxygens (including phenoxy) is 2. The van der Waals surface area contributed by atoms with E-state index in [9.17, 15) is 24.5 Å². The summed E-state index contributed by atoms with van der Waals surface area (Å²) in [6.07, 6.45) is 3.92. The number of hydrogen-bond donors (Lipinski definition) is 2. The van der Waals surface area contributed by atoms with Crippen molar-refractivity contribution in [3.05, 3.63) is 29.3 Å². The van der Waals surface area contributed by atoms with Crippen LogP contribution in [0.1, 0.15) is 75.2 Å². The Morgan fingerprint density at radius 2 is 1.79 bits per heavy atom. The van der Waals surface area contributed by atoms with E-state index in [1.165, 1.54) is 6.07 Å². The zero-order valence-corrected chi connectivity index (χ0v) is 19.5. The normalized spacial score (nSPS) is 22.7. The van der Waals surface area contributed by atoms with Gasteiger partial charge in [0.25, 0.3) is 0 Å². The fourth-order valence-electron chi connectivity index (χ4n) is 4.30. The molecule has 0 bridgehead atoms. The van der Waals surface area contributed by atoms with E-state index in [2.05, 4.69) is 0 Å². The lowest BCUT2D eigenvalue weighted by molar-refractivity contribution is -0.161. The van der Waals surface area contributed by atoms with Crippen LogP contribution in [0.15, 0.2) is 18.2 Å². The highest BCUT2D eigenvalue weighted by atomic mass is 16.7. The van der Waals surface area contributed by atoms with E-state index in [-0.39, 0.29) is 35.5 Å². The minimum Gasteiger partial charge on any atom is -0.535 e. The molecule has 1 atom stereocenters. The Balaban J connectivity index is 1.57. The van der Waals surface area contributed by atoms with Crippen LogP contribution in [-0.4, -0.2) is 47.9 Å². The van der Waals surface area contributed by atoms with Crippen LogP contribution >= 0.6 is 0 Å². The lowest BCUT2D eigenvalue weighted by Crippen LogP contribution is -2.36. The van der Waals surface area contributed by atoms with Crippen LogP contribution in [0.5, 0.6) is 5.75 Å². The average Bonchev–Trinajstić information content (AvgIpc) is 2.74. The van der Waals surface area contributed by atoms with Gasteiger partial charge in [-0.25, -0.2) is 4.79 Å². The van der Waals surface area contributed by atoms with Gasteiger partial charge in [-0.2, -0.15) is 0 Å². The van der Waals surface area contributed by atoms with Gasteiger partial charge in [0.05, 0.1) is 11.5 Å². The fourth-order valence-corrected chi connectivity index (χ4v) is 4.30. The maximum atomic E-state index is 12.6. The minimum atomic E-state index is -1.22. The summed E-state index contributed by atoms with van der Waals surface area (Å²) in [4.78, 5) is 36.9. The summed E-state index contributed by atoms with van der Waals surface area (Å²) >= 11 is 0. The van der Waals surface area contributed by atoms with Crippen LogP contribution in [0.25, 0.3) is 0 Å². The molecule has 33 heavy (non-hydrogen) atoms. The van der Waals surface area contributed by atoms with E-state index >= 15 is 0 Å². The highest BCUT2D eigenvalue weighted by molar-refractivity contribution is 6.47. The molecule has 0 spiro atoms. The summed E-state index contributed by atoms with van der Waals surface area (Å²) in [5.41, 5.74) is 0.125. The van der Waals surface area contributed by atoms with Crippen molar-refractivity contribution < 1.29 is 38.6 Å². The number of fused-ring (bicyclic) bond motifs is 1. The number of benzene rings is 1. The van der Waals surface area contributed by atoms with Gasteiger partial charge in [0, 0.05) is 18.7 Å². The van der Waals surface area contributed by atoms with Crippen LogP contribution in [0.3, 0.4) is 0 Å². The number of aliphatic hydroxyl groups is 1. The Hall–Kier alpha value is -2.39. The molecule has 1 fully saturated rings. The van der Waals surface area contributed by atoms with Gasteiger partial charge in [0.15, 0.2) is 0 Å². The Labute approximate surface area is 194 Å². The number of ketones is 1. The number of hydrogen-bond acceptors (Lipinski definition) is 8. The topological polar surface area (TPSA) is 119 Å². The summed E-state index contributed by atoms with van der Waals surface area (Å²) < 4.78 is 15.7. The molecule has 1 heterocycles. The summed E-state index contributed by atoms with van der Waals surface area (Å²) in [6.45, 7) is 4.57. The molecule has 1 aliphatic carbocycles. The predicted octanol–water partition coefficient (Wildman–Crippen LogP) is 3.08. The van der Waals surface area contributed by atoms with Crippen molar-refractivity contribution in [2.24, 2.45) is 11.3 Å². The number of carbonyl (C=O) groups is 3. The van der Waals surface area contributed by atoms with E-state index in [1.54, 1.807) is 32.9 Å². The molecule has 1 aromatic carbocycles. The molecule has 2 N–H and O–H groups in total. The van der Waals surface area contributed by atoms with Gasteiger partial charge in [-0.1, -0.05) is 12.1 Å². The number of para-hydroxylation sites is 1. The third-order valence-electron chi connectivity index (χ3n) is 6.26. The van der Waals surface area contributed by atoms with E-state index in [1.807, 2.05) is 0 Å². The first-order valence-corrected chi connectivity index (χ1v) is 11.5. The molecule has 1 aliphatic heterocycles. The maximum Gasteiger partial charge on any atom is 0.526 e. The third kappa shape index (κ3) is 6.80. The fraction of sp³-hybridized carbons (Fsp3) is 0.625. The van der Waals surface area contributed by atoms with Crippen molar-refractivity contribution in [1.82, 2.24) is 0 Å². The lowest BCUT2D eigenvalue weighted by atomic mass is 9.64. The van der Waals surface area contributed by atoms with Crippen LogP contribution < -0.4 is 4.65 Å². The number of esters is 2. The molecule has 3 rings (SSSR count). The Bertz CT molecular complexity index is 870. The van der Waals surface area contributed by atoms with Crippen molar-refractivity contribution in [3.63, 3.8) is 0 Å². The number of rotatable bonds is 7. The first kappa shape index (κ1) is 25.2. The second-order valence-electron chi connectivity index (χ2n) is 10.1. The maximum absolute atomic E-state index is 12.6. The lowest BCUT2D eigenvalue weighted by Gasteiger charge is -2.29. The van der Waals surface area contributed by atoms with Crippen LogP contribution in [-0.2, 0) is 25.5 Å². The number of carbonyl (C=O) groups excluding carboxylic acids is 3. The van der Waals surface area contributed by atoms with Crippen molar-refractivity contribution >= 4 is 24.8 Å². The Morgan fingerprint density at radius 3 is 2.45 bits per heavy atom. The zero-order chi connectivity index (χ0) is 24.2. The second kappa shape index (κ2) is 10.7. The van der Waals surface area contributed by atoms with Crippen molar-refractivity contribution in [2.45, 2.75) is 77.6 Å². The van der Waals surface area contributed by atoms with Gasteiger partial charge in [-0.3, -0.25) is 9.59 Å². The van der Waals surface area contributed by atoms with Crippen LogP contribution in [0.2, 0.25) is 5.82 Å². The van der Waals surface area contributed by atoms with Crippen molar-refractivity contribution in [1.29, 1.82) is 0 Å². The molecule has 1 aromatic rings. The zero-order valence-electron chi connectivity index (χ0n) is 19.5. The average molecular weight is 460 g/mol. The third-order valence-corrected chi connectivity index (χ3v) is 6.26. The highest BCUT2D eigenvalue weighted by Gasteiger charge is 2.38. The number of aliphatic hydroxyl groups excluding tert-OH is 1. The molecule has 1 saturated carbocycles. The van der Waals surface area contributed by atoms with Gasteiger partial charge >= 0.3 is 19.1 Å². The quantitative estimate of drug-likeness (QED) is 0.362. The molecule has 2 aliphatic rings. The molecule has 0 saturated heterocycles. The molecule has 0 radical (unpaired) electrons. The standard InChI is InChI=1S/C24H33BO8/c1-24(2,3)23(29)32-14-31-22(28)20-6-4-5-16-12-17(25(30)33-21(16)20)13-19(27)11-15-7-9-18(26)10-8-15/h4-6,15,17-18,26,30H,7-14H2,1-3H3/t15?,17-,18?/m1/s1. The van der Waals surface area contributed by atoms with Gasteiger partial charge in [0.1, 0.15) is 17.1 Å². The van der Waals surface area contributed by atoms with E-state index in [0.29, 0.717) is 18.4 Å². The first-order valence-electron chi connectivity index (χ1n) is 11.5. The van der Waals surface area contributed by atoms with E-state index < -0.39 is 37.1 Å². The van der Waals surface area contributed by atoms with Gasteiger partial charge in [-0.05, 0) is 70.4 Å². The molecule has 8 nitrogen and oxygen atoms in total. The summed E-state index contributed by atoms with van der Waals surface area (Å²) in [5, 5.41) is 20.1. The molecule has 0 aromatic heterocycles. The van der Waals surface area contributed by atoms with Gasteiger partial charge < -0.3 is 24.3 Å². The molecule has 0 amide bonds. The van der Waals surface area contributed by atoms with E-state index in [0.717, 1.165) is 25.7 Å². The SMILES string of the molecule is CC(C)(C)C(=O)OCOC(=O)c1cccc2c1OB(O)[C@@H](CC(=O)CC1CCC(O)CC1)C2. The van der Waals surface area contributed by atoms with E-state index in [4.69, 9.17) is 14.1 Å². The smallest absolute Gasteiger partial charge is 0.526 e. The molecular weight excluding hydrogens is 427 g/mol. The molecule has 0 unspecified atom stereocenters. The monoisotopic (exact) mass is 460 g/mol. The molecule has 180 valence electrons. The summed E-state index contributed by atoms with van der Waals surface area (Å²) in [6, 6.07) is 4.99. The Morgan fingerprint density at radius 1 is 1.09 bits per heavy atom. The van der Waals surface area contributed by atoms with Crippen molar-refractivity contribution in [2.75, 3.05) is 6.79 Å². The van der Waals surface area contributed by atoms with Gasteiger partial charge in [0.2, 0.25) is 6.79 Å². The second-order valence-corrected chi connectivity index (χ2v) is 10.1. The molecular formula is C24H33BO8.